The highest BCUT2D eigenvalue weighted by molar-refractivity contribution is 5.47. The molecule has 1 N–H and O–H groups in total. The summed E-state index contributed by atoms with van der Waals surface area (Å²) in [4.78, 5) is 7.97. The molecule has 0 aliphatic heterocycles. The normalized spacial score (nSPS) is 11.7. The van der Waals surface area contributed by atoms with Crippen LogP contribution in [0.15, 0.2) is 24.2 Å². The molecule has 0 amide bonds. The molecule has 0 atom stereocenters. The minimum Gasteiger partial charge on any atom is -0.313 e. The van der Waals surface area contributed by atoms with Gasteiger partial charge in [-0.15, -0.1) is 0 Å². The largest absolute Gasteiger partial charge is 0.313 e. The molecule has 0 saturated heterocycles. The van der Waals surface area contributed by atoms with Crippen molar-refractivity contribution in [2.45, 2.75) is 13.8 Å². The first-order valence-electron chi connectivity index (χ1n) is 4.47. The fraction of sp³-hybridized carbons (Fsp3) is 0.400. The van der Waals surface area contributed by atoms with Gasteiger partial charge in [0.15, 0.2) is 0 Å². The maximum atomic E-state index is 4.11. The van der Waals surface area contributed by atoms with E-state index in [1.165, 1.54) is 5.57 Å². The number of likely N-dealkylation sites (N-methyl/N-ethyl adjacent to an activating group) is 1. The van der Waals surface area contributed by atoms with Crippen molar-refractivity contribution in [3.8, 4) is 0 Å². The zero-order chi connectivity index (χ0) is 9.52. The van der Waals surface area contributed by atoms with Gasteiger partial charge in [-0.3, -0.25) is 0 Å². The van der Waals surface area contributed by atoms with E-state index in [0.717, 1.165) is 18.8 Å². The molecule has 1 heterocycles. The Kier molecular flexibility index (Phi) is 4.12. The van der Waals surface area contributed by atoms with Crippen LogP contribution in [-0.2, 0) is 0 Å². The lowest BCUT2D eigenvalue weighted by atomic mass is 10.2. The monoisotopic (exact) mass is 177 g/mol. The van der Waals surface area contributed by atoms with Gasteiger partial charge in [-0.25, -0.2) is 9.97 Å². The van der Waals surface area contributed by atoms with Crippen molar-refractivity contribution < 1.29 is 0 Å². The molecule has 0 aromatic carbocycles. The molecule has 3 heteroatoms. The van der Waals surface area contributed by atoms with E-state index in [1.807, 2.05) is 6.07 Å². The van der Waals surface area contributed by atoms with Crippen molar-refractivity contribution in [1.29, 1.82) is 0 Å². The van der Waals surface area contributed by atoms with E-state index in [1.54, 1.807) is 12.5 Å². The molecular weight excluding hydrogens is 162 g/mol. The Morgan fingerprint density at radius 1 is 1.62 bits per heavy atom. The minimum atomic E-state index is 0.917. The molecule has 0 radical (unpaired) electrons. The van der Waals surface area contributed by atoms with Crippen molar-refractivity contribution >= 4 is 6.08 Å². The predicted molar refractivity (Wildman–Crippen MR) is 54.2 cm³/mol. The Balaban J connectivity index is 2.55. The molecule has 1 rings (SSSR count). The topological polar surface area (TPSA) is 37.8 Å². The van der Waals surface area contributed by atoms with Crippen LogP contribution in [0, 0.1) is 0 Å². The number of hydrogen-bond donors (Lipinski definition) is 1. The lowest BCUT2D eigenvalue weighted by Gasteiger charge is -2.00. The Morgan fingerprint density at radius 3 is 3.08 bits per heavy atom. The third-order valence-corrected chi connectivity index (χ3v) is 1.65. The molecular formula is C10H15N3. The van der Waals surface area contributed by atoms with Crippen LogP contribution in [0.25, 0.3) is 6.08 Å². The molecule has 0 bridgehead atoms. The summed E-state index contributed by atoms with van der Waals surface area (Å²) < 4.78 is 0. The molecule has 1 aromatic rings. The van der Waals surface area contributed by atoms with E-state index in [0.29, 0.717) is 0 Å². The van der Waals surface area contributed by atoms with Crippen LogP contribution in [0.3, 0.4) is 0 Å². The van der Waals surface area contributed by atoms with Crippen molar-refractivity contribution in [1.82, 2.24) is 15.3 Å². The Labute approximate surface area is 78.9 Å². The highest BCUT2D eigenvalue weighted by atomic mass is 14.8. The highest BCUT2D eigenvalue weighted by Gasteiger charge is 1.90. The summed E-state index contributed by atoms with van der Waals surface area (Å²) in [6.45, 7) is 6.10. The number of nitrogens with one attached hydrogen (secondary N) is 1. The number of nitrogens with zero attached hydrogens (tertiary/aromatic N) is 2. The van der Waals surface area contributed by atoms with Gasteiger partial charge < -0.3 is 5.32 Å². The van der Waals surface area contributed by atoms with Crippen molar-refractivity contribution in [2.75, 3.05) is 13.1 Å². The molecule has 1 aromatic heterocycles. The van der Waals surface area contributed by atoms with Crippen LogP contribution in [-0.4, -0.2) is 23.1 Å². The van der Waals surface area contributed by atoms with Gasteiger partial charge in [0.05, 0.1) is 5.69 Å². The molecule has 13 heavy (non-hydrogen) atoms. The Bertz CT molecular complexity index is 267. The molecule has 0 fully saturated rings. The van der Waals surface area contributed by atoms with Gasteiger partial charge in [0.25, 0.3) is 0 Å². The average molecular weight is 177 g/mol. The maximum Gasteiger partial charge on any atom is 0.115 e. The summed E-state index contributed by atoms with van der Waals surface area (Å²) in [5.74, 6) is 0. The predicted octanol–water partition coefficient (Wildman–Crippen LogP) is 1.49. The first-order valence-corrected chi connectivity index (χ1v) is 4.47. The fourth-order valence-electron chi connectivity index (χ4n) is 1.01. The summed E-state index contributed by atoms with van der Waals surface area (Å²) in [5, 5.41) is 3.26. The van der Waals surface area contributed by atoms with Crippen LogP contribution in [0.1, 0.15) is 19.5 Å². The zero-order valence-corrected chi connectivity index (χ0v) is 8.12. The fourth-order valence-corrected chi connectivity index (χ4v) is 1.01. The van der Waals surface area contributed by atoms with Gasteiger partial charge in [0.1, 0.15) is 6.33 Å². The second-order valence-electron chi connectivity index (χ2n) is 2.91. The third-order valence-electron chi connectivity index (χ3n) is 1.65. The number of aromatic nitrogens is 2. The van der Waals surface area contributed by atoms with Gasteiger partial charge in [0.2, 0.25) is 0 Å². The highest BCUT2D eigenvalue weighted by Crippen LogP contribution is 2.00. The lowest BCUT2D eigenvalue weighted by molar-refractivity contribution is 0.778. The Morgan fingerprint density at radius 2 is 2.46 bits per heavy atom. The molecule has 0 spiro atoms. The van der Waals surface area contributed by atoms with E-state index in [4.69, 9.17) is 0 Å². The zero-order valence-electron chi connectivity index (χ0n) is 8.12. The van der Waals surface area contributed by atoms with Gasteiger partial charge in [-0.2, -0.15) is 0 Å². The van der Waals surface area contributed by atoms with Crippen molar-refractivity contribution in [3.63, 3.8) is 0 Å². The first-order chi connectivity index (χ1) is 6.33. The summed E-state index contributed by atoms with van der Waals surface area (Å²) in [7, 11) is 0. The van der Waals surface area contributed by atoms with Gasteiger partial charge in [0, 0.05) is 12.7 Å². The van der Waals surface area contributed by atoms with Crippen molar-refractivity contribution in [2.24, 2.45) is 0 Å². The van der Waals surface area contributed by atoms with Crippen LogP contribution < -0.4 is 5.32 Å². The SMILES string of the molecule is CCNCC(C)=Cc1ccncn1. The standard InChI is InChI=1S/C10H15N3/c1-3-11-7-9(2)6-10-4-5-12-8-13-10/h4-6,8,11H,3,7H2,1-2H3. The molecule has 0 aliphatic carbocycles. The van der Waals surface area contributed by atoms with Gasteiger partial charge in [-0.05, 0) is 25.6 Å². The van der Waals surface area contributed by atoms with E-state index in [9.17, 15) is 0 Å². The second kappa shape index (κ2) is 5.43. The lowest BCUT2D eigenvalue weighted by Crippen LogP contribution is -2.14. The smallest absolute Gasteiger partial charge is 0.115 e. The molecule has 0 aliphatic rings. The van der Waals surface area contributed by atoms with Crippen LogP contribution in [0.2, 0.25) is 0 Å². The van der Waals surface area contributed by atoms with Crippen LogP contribution in [0.5, 0.6) is 0 Å². The Hall–Kier alpha value is -1.22. The first kappa shape index (κ1) is 9.86. The van der Waals surface area contributed by atoms with Gasteiger partial charge in [-0.1, -0.05) is 12.5 Å². The molecule has 70 valence electrons. The molecule has 0 saturated carbocycles. The van der Waals surface area contributed by atoms with Crippen LogP contribution >= 0.6 is 0 Å². The summed E-state index contributed by atoms with van der Waals surface area (Å²) in [6, 6.07) is 1.90. The number of rotatable bonds is 4. The van der Waals surface area contributed by atoms with E-state index < -0.39 is 0 Å². The van der Waals surface area contributed by atoms with Crippen molar-refractivity contribution in [3.05, 3.63) is 29.9 Å². The molecule has 3 nitrogen and oxygen atoms in total. The van der Waals surface area contributed by atoms with Gasteiger partial charge >= 0.3 is 0 Å². The molecule has 0 unspecified atom stereocenters. The van der Waals surface area contributed by atoms with Crippen LogP contribution in [0.4, 0.5) is 0 Å². The number of hydrogen-bond acceptors (Lipinski definition) is 3. The summed E-state index contributed by atoms with van der Waals surface area (Å²) >= 11 is 0. The average Bonchev–Trinajstić information content (AvgIpc) is 2.16. The third kappa shape index (κ3) is 3.80. The maximum absolute atomic E-state index is 4.11. The van der Waals surface area contributed by atoms with E-state index >= 15 is 0 Å². The quantitative estimate of drug-likeness (QED) is 0.757. The summed E-state index contributed by atoms with van der Waals surface area (Å²) in [5.41, 5.74) is 2.24. The summed E-state index contributed by atoms with van der Waals surface area (Å²) in [6.07, 6.45) is 5.37. The minimum absolute atomic E-state index is 0.917. The van der Waals surface area contributed by atoms with E-state index in [-0.39, 0.29) is 0 Å². The van der Waals surface area contributed by atoms with E-state index in [2.05, 4.69) is 35.2 Å². The second-order valence-corrected chi connectivity index (χ2v) is 2.91.